The van der Waals surface area contributed by atoms with Crippen molar-refractivity contribution >= 4 is 16.1 Å². The normalized spacial score (nSPS) is 18.1. The van der Waals surface area contributed by atoms with Crippen LogP contribution in [0.3, 0.4) is 0 Å². The predicted molar refractivity (Wildman–Crippen MR) is 107 cm³/mol. The molecule has 1 atom stereocenters. The molecule has 0 aliphatic carbocycles. The van der Waals surface area contributed by atoms with E-state index in [1.807, 2.05) is 43.3 Å². The van der Waals surface area contributed by atoms with E-state index in [4.69, 9.17) is 9.47 Å². The number of nitrogens with zero attached hydrogens (tertiary/aromatic N) is 1. The molecule has 1 unspecified atom stereocenters. The zero-order valence-electron chi connectivity index (χ0n) is 15.9. The van der Waals surface area contributed by atoms with Crippen LogP contribution in [0.4, 0.5) is 0 Å². The van der Waals surface area contributed by atoms with Crippen molar-refractivity contribution in [3.05, 3.63) is 64.6 Å². The molecule has 0 saturated carbocycles. The van der Waals surface area contributed by atoms with Gasteiger partial charge in [-0.25, -0.2) is 8.42 Å². The van der Waals surface area contributed by atoms with Gasteiger partial charge in [0.2, 0.25) is 10.0 Å². The van der Waals surface area contributed by atoms with E-state index in [1.54, 1.807) is 30.7 Å². The van der Waals surface area contributed by atoms with Gasteiger partial charge in [-0.2, -0.15) is 4.31 Å². The predicted octanol–water partition coefficient (Wildman–Crippen LogP) is 4.15. The quantitative estimate of drug-likeness (QED) is 0.747. The van der Waals surface area contributed by atoms with Crippen LogP contribution in [0.25, 0.3) is 6.08 Å². The molecule has 0 radical (unpaired) electrons. The summed E-state index contributed by atoms with van der Waals surface area (Å²) in [7, 11) is -0.360. The van der Waals surface area contributed by atoms with Crippen molar-refractivity contribution in [1.29, 1.82) is 0 Å². The van der Waals surface area contributed by atoms with Crippen LogP contribution < -0.4 is 9.47 Å². The van der Waals surface area contributed by atoms with Gasteiger partial charge >= 0.3 is 0 Å². The summed E-state index contributed by atoms with van der Waals surface area (Å²) >= 11 is 0. The minimum atomic E-state index is -3.54. The topological polar surface area (TPSA) is 55.8 Å². The number of hydrogen-bond acceptors (Lipinski definition) is 4. The summed E-state index contributed by atoms with van der Waals surface area (Å²) in [6.45, 7) is 2.50. The second-order valence-corrected chi connectivity index (χ2v) is 8.41. The Morgan fingerprint density at radius 3 is 2.48 bits per heavy atom. The molecule has 1 heterocycles. The van der Waals surface area contributed by atoms with Gasteiger partial charge in [0, 0.05) is 23.6 Å². The number of hydrogen-bond donors (Lipinski definition) is 0. The molecule has 0 amide bonds. The Hall–Kier alpha value is -2.31. The van der Waals surface area contributed by atoms with Crippen molar-refractivity contribution in [1.82, 2.24) is 4.31 Å². The summed E-state index contributed by atoms with van der Waals surface area (Å²) in [5.74, 6) is 1.33. The lowest BCUT2D eigenvalue weighted by molar-refractivity contribution is 0.363. The highest BCUT2D eigenvalue weighted by Gasteiger charge is 2.35. The van der Waals surface area contributed by atoms with E-state index in [2.05, 4.69) is 0 Å². The third-order valence-electron chi connectivity index (χ3n) is 4.84. The van der Waals surface area contributed by atoms with Gasteiger partial charge in [-0.05, 0) is 37.5 Å². The zero-order chi connectivity index (χ0) is 19.4. The molecule has 0 N–H and O–H groups in total. The summed E-state index contributed by atoms with van der Waals surface area (Å²) in [6, 6.07) is 13.0. The second-order valence-electron chi connectivity index (χ2n) is 6.64. The minimum Gasteiger partial charge on any atom is -0.497 e. The Morgan fingerprint density at radius 1 is 1.07 bits per heavy atom. The fraction of sp³-hybridized carbons (Fsp3) is 0.333. The van der Waals surface area contributed by atoms with Crippen LogP contribution in [-0.2, 0) is 10.0 Å². The Balaban J connectivity index is 1.88. The van der Waals surface area contributed by atoms with E-state index in [1.165, 1.54) is 5.41 Å². The van der Waals surface area contributed by atoms with Crippen LogP contribution in [0.2, 0.25) is 0 Å². The van der Waals surface area contributed by atoms with Crippen LogP contribution in [0, 0.1) is 6.92 Å². The van der Waals surface area contributed by atoms with Crippen molar-refractivity contribution in [2.75, 3.05) is 20.8 Å². The molecule has 144 valence electrons. The molecule has 1 fully saturated rings. The highest BCUT2D eigenvalue weighted by atomic mass is 32.2. The largest absolute Gasteiger partial charge is 0.497 e. The lowest BCUT2D eigenvalue weighted by Crippen LogP contribution is -2.29. The molecular weight excluding hydrogens is 362 g/mol. The first kappa shape index (κ1) is 19.5. The molecule has 0 spiro atoms. The van der Waals surface area contributed by atoms with Crippen LogP contribution in [0.1, 0.15) is 35.6 Å². The van der Waals surface area contributed by atoms with Gasteiger partial charge in [0.05, 0.1) is 20.3 Å². The number of methoxy groups -OCH3 is 2. The fourth-order valence-corrected chi connectivity index (χ4v) is 4.81. The van der Waals surface area contributed by atoms with Crippen LogP contribution in [-0.4, -0.2) is 33.5 Å². The molecule has 1 saturated heterocycles. The van der Waals surface area contributed by atoms with Gasteiger partial charge in [0.15, 0.2) is 0 Å². The molecule has 3 rings (SSSR count). The summed E-state index contributed by atoms with van der Waals surface area (Å²) in [4.78, 5) is 0. The van der Waals surface area contributed by atoms with Crippen LogP contribution >= 0.6 is 0 Å². The lowest BCUT2D eigenvalue weighted by Gasteiger charge is -2.24. The third-order valence-corrected chi connectivity index (χ3v) is 6.41. The number of aryl methyl sites for hydroxylation is 1. The van der Waals surface area contributed by atoms with E-state index in [0.29, 0.717) is 18.0 Å². The lowest BCUT2D eigenvalue weighted by atomic mass is 10.0. The summed E-state index contributed by atoms with van der Waals surface area (Å²) in [5, 5.41) is 1.30. The number of sulfonamides is 1. The van der Waals surface area contributed by atoms with Gasteiger partial charge in [0.1, 0.15) is 11.5 Å². The molecule has 0 bridgehead atoms. The monoisotopic (exact) mass is 387 g/mol. The highest BCUT2D eigenvalue weighted by Crippen LogP contribution is 2.40. The maximum absolute atomic E-state index is 13.0. The molecule has 0 aromatic heterocycles. The van der Waals surface area contributed by atoms with Crippen molar-refractivity contribution in [3.63, 3.8) is 0 Å². The molecule has 1 aliphatic heterocycles. The average Bonchev–Trinajstić information content (AvgIpc) is 3.17. The van der Waals surface area contributed by atoms with Crippen LogP contribution in [0.5, 0.6) is 11.5 Å². The third kappa shape index (κ3) is 4.34. The van der Waals surface area contributed by atoms with Crippen molar-refractivity contribution in [3.8, 4) is 11.5 Å². The molecular formula is C21H25NO4S. The van der Waals surface area contributed by atoms with Crippen molar-refractivity contribution < 1.29 is 17.9 Å². The van der Waals surface area contributed by atoms with Gasteiger partial charge in [0.25, 0.3) is 0 Å². The number of rotatable bonds is 6. The first-order chi connectivity index (χ1) is 12.9. The van der Waals surface area contributed by atoms with Crippen LogP contribution in [0.15, 0.2) is 47.9 Å². The van der Waals surface area contributed by atoms with Gasteiger partial charge < -0.3 is 9.47 Å². The number of benzene rings is 2. The van der Waals surface area contributed by atoms with E-state index in [-0.39, 0.29) is 6.04 Å². The van der Waals surface area contributed by atoms with E-state index < -0.39 is 10.0 Å². The van der Waals surface area contributed by atoms with Gasteiger partial charge in [-0.3, -0.25) is 0 Å². The molecule has 27 heavy (non-hydrogen) atoms. The molecule has 1 aliphatic rings. The summed E-state index contributed by atoms with van der Waals surface area (Å²) in [5.41, 5.74) is 2.87. The smallest absolute Gasteiger partial charge is 0.236 e. The Bertz CT molecular complexity index is 920. The first-order valence-electron chi connectivity index (χ1n) is 8.93. The SMILES string of the molecule is COc1ccc(C2CCCN2S(=O)(=O)C=Cc2ccc(C)cc2)c(OC)c1. The Labute approximate surface area is 161 Å². The Morgan fingerprint density at radius 2 is 1.81 bits per heavy atom. The molecule has 2 aromatic rings. The van der Waals surface area contributed by atoms with Crippen molar-refractivity contribution in [2.24, 2.45) is 0 Å². The Kier molecular flexibility index (Phi) is 5.87. The minimum absolute atomic E-state index is 0.237. The van der Waals surface area contributed by atoms with E-state index in [9.17, 15) is 8.42 Å². The second kappa shape index (κ2) is 8.15. The van der Waals surface area contributed by atoms with Gasteiger partial charge in [-0.1, -0.05) is 35.9 Å². The van der Waals surface area contributed by atoms with E-state index >= 15 is 0 Å². The summed E-state index contributed by atoms with van der Waals surface area (Å²) in [6.07, 6.45) is 3.23. The van der Waals surface area contributed by atoms with Crippen molar-refractivity contribution in [2.45, 2.75) is 25.8 Å². The highest BCUT2D eigenvalue weighted by molar-refractivity contribution is 7.92. The molecule has 6 heteroatoms. The number of ether oxygens (including phenoxy) is 2. The zero-order valence-corrected chi connectivity index (χ0v) is 16.7. The molecule has 5 nitrogen and oxygen atoms in total. The van der Waals surface area contributed by atoms with Gasteiger partial charge in [-0.15, -0.1) is 0 Å². The fourth-order valence-electron chi connectivity index (χ4n) is 3.37. The maximum Gasteiger partial charge on any atom is 0.236 e. The first-order valence-corrected chi connectivity index (χ1v) is 10.4. The van der Waals surface area contributed by atoms with E-state index in [0.717, 1.165) is 29.5 Å². The molecule has 2 aromatic carbocycles. The standard InChI is InChI=1S/C21H25NO4S/c1-16-6-8-17(9-7-16)12-14-27(23,24)22-13-4-5-20(22)19-11-10-18(25-2)15-21(19)26-3/h6-12,14-15,20H,4-5,13H2,1-3H3. The maximum atomic E-state index is 13.0. The summed E-state index contributed by atoms with van der Waals surface area (Å²) < 4.78 is 38.2. The average molecular weight is 388 g/mol.